The Balaban J connectivity index is 2.80. The number of hydrogen-bond acceptors (Lipinski definition) is 3. The zero-order valence-electron chi connectivity index (χ0n) is 13.2. The summed E-state index contributed by atoms with van der Waals surface area (Å²) >= 11 is 0. The summed E-state index contributed by atoms with van der Waals surface area (Å²) < 4.78 is 0. The third-order valence-electron chi connectivity index (χ3n) is 3.73. The maximum absolute atomic E-state index is 10.8. The van der Waals surface area contributed by atoms with Crippen LogP contribution in [0.4, 0.5) is 0 Å². The SMILES string of the molecule is CCCCNC(CCC(=O)O)C(O)c1ccc(C)cc1C. The highest BCUT2D eigenvalue weighted by Crippen LogP contribution is 2.24. The Hall–Kier alpha value is -1.39. The number of aliphatic carboxylic acids is 1. The molecule has 1 rings (SSSR count). The van der Waals surface area contributed by atoms with Gasteiger partial charge in [0, 0.05) is 12.5 Å². The molecule has 1 aromatic carbocycles. The first-order chi connectivity index (χ1) is 9.95. The van der Waals surface area contributed by atoms with Crippen molar-refractivity contribution < 1.29 is 15.0 Å². The summed E-state index contributed by atoms with van der Waals surface area (Å²) in [4.78, 5) is 10.8. The molecule has 0 amide bonds. The minimum atomic E-state index is -0.829. The molecule has 2 unspecified atom stereocenters. The molecule has 3 N–H and O–H groups in total. The fourth-order valence-electron chi connectivity index (χ4n) is 2.49. The molecule has 0 aromatic heterocycles. The first-order valence-electron chi connectivity index (χ1n) is 7.66. The maximum Gasteiger partial charge on any atom is 0.303 e. The van der Waals surface area contributed by atoms with Crippen LogP contribution in [0.2, 0.25) is 0 Å². The van der Waals surface area contributed by atoms with Crippen LogP contribution in [-0.4, -0.2) is 28.8 Å². The minimum Gasteiger partial charge on any atom is -0.481 e. The fourth-order valence-corrected chi connectivity index (χ4v) is 2.49. The molecule has 4 nitrogen and oxygen atoms in total. The van der Waals surface area contributed by atoms with E-state index in [4.69, 9.17) is 5.11 Å². The number of carbonyl (C=O) groups is 1. The van der Waals surface area contributed by atoms with Gasteiger partial charge in [-0.3, -0.25) is 4.79 Å². The van der Waals surface area contributed by atoms with Crippen LogP contribution in [0.1, 0.15) is 55.4 Å². The minimum absolute atomic E-state index is 0.0613. The van der Waals surface area contributed by atoms with Gasteiger partial charge in [0.25, 0.3) is 0 Å². The average molecular weight is 293 g/mol. The van der Waals surface area contributed by atoms with Crippen LogP contribution in [-0.2, 0) is 4.79 Å². The van der Waals surface area contributed by atoms with Gasteiger partial charge in [-0.1, -0.05) is 37.1 Å². The van der Waals surface area contributed by atoms with Gasteiger partial charge in [-0.25, -0.2) is 0 Å². The van der Waals surface area contributed by atoms with Crippen molar-refractivity contribution in [2.75, 3.05) is 6.54 Å². The smallest absolute Gasteiger partial charge is 0.303 e. The summed E-state index contributed by atoms with van der Waals surface area (Å²) in [5, 5.41) is 22.8. The van der Waals surface area contributed by atoms with E-state index in [1.807, 2.05) is 32.0 Å². The van der Waals surface area contributed by atoms with E-state index >= 15 is 0 Å². The lowest BCUT2D eigenvalue weighted by Crippen LogP contribution is -2.36. The first-order valence-corrected chi connectivity index (χ1v) is 7.66. The Morgan fingerprint density at radius 1 is 1.33 bits per heavy atom. The monoisotopic (exact) mass is 293 g/mol. The molecule has 0 radical (unpaired) electrons. The van der Waals surface area contributed by atoms with E-state index in [2.05, 4.69) is 12.2 Å². The number of carboxylic acid groups (broad SMARTS) is 1. The van der Waals surface area contributed by atoms with Crippen molar-refractivity contribution in [2.24, 2.45) is 0 Å². The van der Waals surface area contributed by atoms with Crippen molar-refractivity contribution >= 4 is 5.97 Å². The van der Waals surface area contributed by atoms with Crippen molar-refractivity contribution in [1.29, 1.82) is 0 Å². The molecular formula is C17H27NO3. The number of unbranched alkanes of at least 4 members (excludes halogenated alkanes) is 1. The van der Waals surface area contributed by atoms with Gasteiger partial charge in [0.2, 0.25) is 0 Å². The molecule has 0 aliphatic rings. The quantitative estimate of drug-likeness (QED) is 0.612. The molecule has 1 aromatic rings. The summed E-state index contributed by atoms with van der Waals surface area (Å²) in [6, 6.07) is 5.73. The van der Waals surface area contributed by atoms with Crippen molar-refractivity contribution in [3.63, 3.8) is 0 Å². The predicted octanol–water partition coefficient (Wildman–Crippen LogP) is 2.96. The van der Waals surface area contributed by atoms with Gasteiger partial charge in [-0.15, -0.1) is 0 Å². The topological polar surface area (TPSA) is 69.6 Å². The maximum atomic E-state index is 10.8. The second-order valence-electron chi connectivity index (χ2n) is 5.65. The number of aryl methyl sites for hydroxylation is 2. The molecule has 0 saturated heterocycles. The molecule has 118 valence electrons. The van der Waals surface area contributed by atoms with Crippen LogP contribution in [0.15, 0.2) is 18.2 Å². The summed E-state index contributed by atoms with van der Waals surface area (Å²) in [6.07, 6.45) is 1.89. The van der Waals surface area contributed by atoms with E-state index < -0.39 is 12.1 Å². The lowest BCUT2D eigenvalue weighted by atomic mass is 9.94. The highest BCUT2D eigenvalue weighted by atomic mass is 16.4. The third kappa shape index (κ3) is 5.86. The van der Waals surface area contributed by atoms with Crippen molar-refractivity contribution in [1.82, 2.24) is 5.32 Å². The Kier molecular flexibility index (Phi) is 7.40. The van der Waals surface area contributed by atoms with Crippen molar-refractivity contribution in [3.05, 3.63) is 34.9 Å². The largest absolute Gasteiger partial charge is 0.481 e. The zero-order chi connectivity index (χ0) is 15.8. The standard InChI is InChI=1S/C17H27NO3/c1-4-5-10-18-15(8-9-16(19)20)17(21)14-7-6-12(2)11-13(14)3/h6-7,11,15,17-18,21H,4-5,8-10H2,1-3H3,(H,19,20). The normalized spacial score (nSPS) is 13.9. The van der Waals surface area contributed by atoms with E-state index in [9.17, 15) is 9.90 Å². The summed E-state index contributed by atoms with van der Waals surface area (Å²) in [7, 11) is 0. The van der Waals surface area contributed by atoms with Gasteiger partial charge in [0.15, 0.2) is 0 Å². The van der Waals surface area contributed by atoms with Crippen LogP contribution in [0.3, 0.4) is 0 Å². The Morgan fingerprint density at radius 3 is 2.62 bits per heavy atom. The molecule has 0 heterocycles. The van der Waals surface area contributed by atoms with Gasteiger partial charge < -0.3 is 15.5 Å². The molecule has 0 fully saturated rings. The number of aliphatic hydroxyl groups is 1. The lowest BCUT2D eigenvalue weighted by Gasteiger charge is -2.25. The molecule has 21 heavy (non-hydrogen) atoms. The van der Waals surface area contributed by atoms with Crippen LogP contribution in [0.5, 0.6) is 0 Å². The molecule has 0 aliphatic heterocycles. The predicted molar refractivity (Wildman–Crippen MR) is 84.4 cm³/mol. The molecule has 0 aliphatic carbocycles. The number of hydrogen-bond donors (Lipinski definition) is 3. The van der Waals surface area contributed by atoms with Gasteiger partial charge >= 0.3 is 5.97 Å². The van der Waals surface area contributed by atoms with Gasteiger partial charge in [0.05, 0.1) is 6.10 Å². The highest BCUT2D eigenvalue weighted by Gasteiger charge is 2.22. The molecule has 0 saturated carbocycles. The second kappa shape index (κ2) is 8.80. The highest BCUT2D eigenvalue weighted by molar-refractivity contribution is 5.66. The van der Waals surface area contributed by atoms with Gasteiger partial charge in [-0.2, -0.15) is 0 Å². The molecule has 4 heteroatoms. The number of carboxylic acids is 1. The first kappa shape index (κ1) is 17.7. The van der Waals surface area contributed by atoms with Crippen molar-refractivity contribution in [3.8, 4) is 0 Å². The Morgan fingerprint density at radius 2 is 2.05 bits per heavy atom. The van der Waals surface area contributed by atoms with E-state index in [-0.39, 0.29) is 12.5 Å². The fraction of sp³-hybridized carbons (Fsp3) is 0.588. The van der Waals surface area contributed by atoms with Crippen LogP contribution in [0.25, 0.3) is 0 Å². The second-order valence-corrected chi connectivity index (χ2v) is 5.65. The van der Waals surface area contributed by atoms with Crippen LogP contribution >= 0.6 is 0 Å². The van der Waals surface area contributed by atoms with E-state index in [1.165, 1.54) is 0 Å². The van der Waals surface area contributed by atoms with Gasteiger partial charge in [0.1, 0.15) is 0 Å². The molecule has 0 bridgehead atoms. The number of rotatable bonds is 9. The Labute approximate surface area is 127 Å². The molecular weight excluding hydrogens is 266 g/mol. The Bertz CT molecular complexity index is 459. The summed E-state index contributed by atoms with van der Waals surface area (Å²) in [6.45, 7) is 6.90. The zero-order valence-corrected chi connectivity index (χ0v) is 13.2. The van der Waals surface area contributed by atoms with E-state index in [0.717, 1.165) is 36.1 Å². The molecule has 0 spiro atoms. The average Bonchev–Trinajstić information content (AvgIpc) is 2.41. The number of aliphatic hydroxyl groups excluding tert-OH is 1. The van der Waals surface area contributed by atoms with Gasteiger partial charge in [-0.05, 0) is 44.4 Å². The third-order valence-corrected chi connectivity index (χ3v) is 3.73. The van der Waals surface area contributed by atoms with E-state index in [0.29, 0.717) is 6.42 Å². The van der Waals surface area contributed by atoms with E-state index in [1.54, 1.807) is 0 Å². The van der Waals surface area contributed by atoms with Crippen LogP contribution < -0.4 is 5.32 Å². The van der Waals surface area contributed by atoms with Crippen molar-refractivity contribution in [2.45, 2.75) is 58.6 Å². The molecule has 2 atom stereocenters. The van der Waals surface area contributed by atoms with Crippen LogP contribution in [0, 0.1) is 13.8 Å². The summed E-state index contributed by atoms with van der Waals surface area (Å²) in [5.74, 6) is -0.829. The number of nitrogens with one attached hydrogen (secondary N) is 1. The lowest BCUT2D eigenvalue weighted by molar-refractivity contribution is -0.137. The number of benzene rings is 1. The summed E-state index contributed by atoms with van der Waals surface area (Å²) in [5.41, 5.74) is 3.07.